The number of aryl methyl sites for hydroxylation is 1. The van der Waals surface area contributed by atoms with E-state index >= 15 is 0 Å². The molecular formula is C14H20N2O2. The van der Waals surface area contributed by atoms with Crippen molar-refractivity contribution in [1.82, 2.24) is 4.57 Å². The SMILES string of the molecule is CCn1cc(CCN)c2cc(OC)c(OC)cc21. The molecule has 1 aromatic carbocycles. The molecule has 0 amide bonds. The molecule has 0 saturated heterocycles. The third-order valence-corrected chi connectivity index (χ3v) is 3.22. The fourth-order valence-electron chi connectivity index (χ4n) is 2.31. The van der Waals surface area contributed by atoms with Crippen molar-refractivity contribution in [1.29, 1.82) is 0 Å². The minimum absolute atomic E-state index is 0.650. The lowest BCUT2D eigenvalue weighted by atomic mass is 10.1. The van der Waals surface area contributed by atoms with E-state index in [0.717, 1.165) is 24.5 Å². The zero-order chi connectivity index (χ0) is 13.1. The minimum Gasteiger partial charge on any atom is -0.493 e. The maximum absolute atomic E-state index is 5.66. The van der Waals surface area contributed by atoms with Gasteiger partial charge in [0.15, 0.2) is 11.5 Å². The van der Waals surface area contributed by atoms with Gasteiger partial charge >= 0.3 is 0 Å². The van der Waals surface area contributed by atoms with Gasteiger partial charge in [-0.3, -0.25) is 0 Å². The Morgan fingerprint density at radius 1 is 1.17 bits per heavy atom. The van der Waals surface area contributed by atoms with Gasteiger partial charge in [0.1, 0.15) is 0 Å². The summed E-state index contributed by atoms with van der Waals surface area (Å²) in [6.07, 6.45) is 3.04. The molecule has 4 nitrogen and oxygen atoms in total. The fourth-order valence-corrected chi connectivity index (χ4v) is 2.31. The molecule has 1 aromatic heterocycles. The Kier molecular flexibility index (Phi) is 3.77. The molecule has 2 aromatic rings. The summed E-state index contributed by atoms with van der Waals surface area (Å²) in [4.78, 5) is 0. The van der Waals surface area contributed by atoms with Crippen LogP contribution in [0.5, 0.6) is 11.5 Å². The molecule has 0 aliphatic rings. The number of aromatic nitrogens is 1. The molecule has 98 valence electrons. The summed E-state index contributed by atoms with van der Waals surface area (Å²) >= 11 is 0. The maximum atomic E-state index is 5.66. The van der Waals surface area contributed by atoms with Crippen LogP contribution in [-0.4, -0.2) is 25.3 Å². The number of benzene rings is 1. The highest BCUT2D eigenvalue weighted by atomic mass is 16.5. The first-order chi connectivity index (χ1) is 8.74. The first-order valence-corrected chi connectivity index (χ1v) is 6.19. The van der Waals surface area contributed by atoms with E-state index in [1.807, 2.05) is 12.1 Å². The molecule has 0 aliphatic heterocycles. The molecule has 0 atom stereocenters. The molecule has 18 heavy (non-hydrogen) atoms. The standard InChI is InChI=1S/C14H20N2O2/c1-4-16-9-10(5-6-15)11-7-13(17-2)14(18-3)8-12(11)16/h7-9H,4-6,15H2,1-3H3. The molecule has 0 bridgehead atoms. The van der Waals surface area contributed by atoms with E-state index in [1.165, 1.54) is 16.5 Å². The number of nitrogens with zero attached hydrogens (tertiary/aromatic N) is 1. The van der Waals surface area contributed by atoms with Crippen LogP contribution < -0.4 is 15.2 Å². The van der Waals surface area contributed by atoms with Crippen molar-refractivity contribution in [3.8, 4) is 11.5 Å². The number of rotatable bonds is 5. The van der Waals surface area contributed by atoms with Gasteiger partial charge in [-0.25, -0.2) is 0 Å². The average Bonchev–Trinajstić information content (AvgIpc) is 2.75. The van der Waals surface area contributed by atoms with Crippen LogP contribution in [0.25, 0.3) is 10.9 Å². The third-order valence-electron chi connectivity index (χ3n) is 3.22. The number of fused-ring (bicyclic) bond motifs is 1. The lowest BCUT2D eigenvalue weighted by Gasteiger charge is -2.09. The number of hydrogen-bond acceptors (Lipinski definition) is 3. The average molecular weight is 248 g/mol. The summed E-state index contributed by atoms with van der Waals surface area (Å²) in [6.45, 7) is 3.70. The lowest BCUT2D eigenvalue weighted by Crippen LogP contribution is -2.02. The molecule has 0 unspecified atom stereocenters. The quantitative estimate of drug-likeness (QED) is 0.882. The molecule has 1 heterocycles. The summed E-state index contributed by atoms with van der Waals surface area (Å²) in [5.41, 5.74) is 8.09. The van der Waals surface area contributed by atoms with E-state index in [4.69, 9.17) is 15.2 Å². The van der Waals surface area contributed by atoms with Gasteiger partial charge in [0.2, 0.25) is 0 Å². The van der Waals surface area contributed by atoms with Crippen molar-refractivity contribution >= 4 is 10.9 Å². The molecule has 2 rings (SSSR count). The Labute approximate surface area is 107 Å². The smallest absolute Gasteiger partial charge is 0.162 e. The number of hydrogen-bond donors (Lipinski definition) is 1. The second kappa shape index (κ2) is 5.31. The second-order valence-electron chi connectivity index (χ2n) is 4.20. The highest BCUT2D eigenvalue weighted by Crippen LogP contribution is 2.34. The topological polar surface area (TPSA) is 49.4 Å². The molecule has 2 N–H and O–H groups in total. The monoisotopic (exact) mass is 248 g/mol. The Balaban J connectivity index is 2.67. The van der Waals surface area contributed by atoms with Gasteiger partial charge in [0.05, 0.1) is 19.7 Å². The predicted octanol–water partition coefficient (Wildman–Crippen LogP) is 2.18. The molecule has 0 saturated carbocycles. The normalized spacial score (nSPS) is 10.9. The molecule has 4 heteroatoms. The predicted molar refractivity (Wildman–Crippen MR) is 73.5 cm³/mol. The number of ether oxygens (including phenoxy) is 2. The van der Waals surface area contributed by atoms with Crippen LogP contribution in [0.3, 0.4) is 0 Å². The molecule has 0 spiro atoms. The van der Waals surface area contributed by atoms with Crippen molar-refractivity contribution in [3.63, 3.8) is 0 Å². The second-order valence-corrected chi connectivity index (χ2v) is 4.20. The Morgan fingerprint density at radius 3 is 2.39 bits per heavy atom. The van der Waals surface area contributed by atoms with Crippen LogP contribution in [-0.2, 0) is 13.0 Å². The molecule has 0 aliphatic carbocycles. The van der Waals surface area contributed by atoms with Gasteiger partial charge in [0.25, 0.3) is 0 Å². The van der Waals surface area contributed by atoms with Crippen molar-refractivity contribution in [2.24, 2.45) is 5.73 Å². The van der Waals surface area contributed by atoms with E-state index in [9.17, 15) is 0 Å². The van der Waals surface area contributed by atoms with Crippen LogP contribution in [0.4, 0.5) is 0 Å². The van der Waals surface area contributed by atoms with Crippen molar-refractivity contribution in [2.75, 3.05) is 20.8 Å². The van der Waals surface area contributed by atoms with Crippen LogP contribution in [0, 0.1) is 0 Å². The van der Waals surface area contributed by atoms with Crippen molar-refractivity contribution in [3.05, 3.63) is 23.9 Å². The molecular weight excluding hydrogens is 228 g/mol. The summed E-state index contributed by atoms with van der Waals surface area (Å²) in [5, 5.41) is 1.19. The Morgan fingerprint density at radius 2 is 1.83 bits per heavy atom. The Hall–Kier alpha value is -1.68. The Bertz CT molecular complexity index is 546. The third kappa shape index (κ3) is 2.04. The number of nitrogens with two attached hydrogens (primary N) is 1. The van der Waals surface area contributed by atoms with E-state index in [0.29, 0.717) is 6.54 Å². The minimum atomic E-state index is 0.650. The summed E-state index contributed by atoms with van der Waals surface area (Å²) < 4.78 is 12.9. The largest absolute Gasteiger partial charge is 0.493 e. The first-order valence-electron chi connectivity index (χ1n) is 6.19. The maximum Gasteiger partial charge on any atom is 0.162 e. The van der Waals surface area contributed by atoms with Crippen LogP contribution in [0.15, 0.2) is 18.3 Å². The first kappa shape index (κ1) is 12.8. The molecule has 0 radical (unpaired) electrons. The summed E-state index contributed by atoms with van der Waals surface area (Å²) in [5.74, 6) is 1.52. The van der Waals surface area contributed by atoms with Gasteiger partial charge in [-0.15, -0.1) is 0 Å². The lowest BCUT2D eigenvalue weighted by molar-refractivity contribution is 0.355. The van der Waals surface area contributed by atoms with Gasteiger partial charge < -0.3 is 19.8 Å². The van der Waals surface area contributed by atoms with Gasteiger partial charge in [-0.05, 0) is 31.5 Å². The van der Waals surface area contributed by atoms with E-state index in [2.05, 4.69) is 17.7 Å². The number of methoxy groups -OCH3 is 2. The van der Waals surface area contributed by atoms with Crippen LogP contribution in [0.2, 0.25) is 0 Å². The van der Waals surface area contributed by atoms with E-state index < -0.39 is 0 Å². The van der Waals surface area contributed by atoms with Gasteiger partial charge in [-0.1, -0.05) is 0 Å². The zero-order valence-electron chi connectivity index (χ0n) is 11.2. The zero-order valence-corrected chi connectivity index (χ0v) is 11.2. The molecule has 0 fully saturated rings. The summed E-state index contributed by atoms with van der Waals surface area (Å²) in [7, 11) is 3.31. The van der Waals surface area contributed by atoms with Gasteiger partial charge in [0, 0.05) is 24.2 Å². The van der Waals surface area contributed by atoms with E-state index in [1.54, 1.807) is 14.2 Å². The highest BCUT2D eigenvalue weighted by Gasteiger charge is 2.12. The van der Waals surface area contributed by atoms with E-state index in [-0.39, 0.29) is 0 Å². The van der Waals surface area contributed by atoms with Crippen LogP contribution >= 0.6 is 0 Å². The van der Waals surface area contributed by atoms with Gasteiger partial charge in [-0.2, -0.15) is 0 Å². The van der Waals surface area contributed by atoms with Crippen molar-refractivity contribution in [2.45, 2.75) is 19.9 Å². The van der Waals surface area contributed by atoms with Crippen molar-refractivity contribution < 1.29 is 9.47 Å². The summed E-state index contributed by atoms with van der Waals surface area (Å²) in [6, 6.07) is 4.06. The highest BCUT2D eigenvalue weighted by molar-refractivity contribution is 5.87. The van der Waals surface area contributed by atoms with Crippen LogP contribution in [0.1, 0.15) is 12.5 Å². The fraction of sp³-hybridized carbons (Fsp3) is 0.429.